The molecule has 0 aromatic heterocycles. The highest BCUT2D eigenvalue weighted by Crippen LogP contribution is 2.37. The van der Waals surface area contributed by atoms with Crippen LogP contribution in [0.3, 0.4) is 0 Å². The minimum Gasteiger partial charge on any atom is -0.463 e. The second-order valence-corrected chi connectivity index (χ2v) is 6.80. The molecule has 0 spiro atoms. The second kappa shape index (κ2) is 9.85. The summed E-state index contributed by atoms with van der Waals surface area (Å²) >= 11 is 6.34. The van der Waals surface area contributed by atoms with Crippen LogP contribution in [0.5, 0.6) is 0 Å². The Morgan fingerprint density at radius 1 is 1.14 bits per heavy atom. The van der Waals surface area contributed by atoms with E-state index in [1.165, 1.54) is 6.92 Å². The molecule has 150 valence electrons. The minimum absolute atomic E-state index is 0.00369. The van der Waals surface area contributed by atoms with Gasteiger partial charge in [0.1, 0.15) is 6.07 Å². The molecule has 2 atom stereocenters. The lowest BCUT2D eigenvalue weighted by atomic mass is 9.76. The average molecular weight is 413 g/mol. The molecule has 1 amide bonds. The smallest absolute Gasteiger partial charge is 0.347 e. The highest BCUT2D eigenvalue weighted by Gasteiger charge is 2.50. The number of carbonyl (C=O) groups excluding carboxylic acids is 3. The van der Waals surface area contributed by atoms with Gasteiger partial charge in [0.2, 0.25) is 11.4 Å². The van der Waals surface area contributed by atoms with Crippen LogP contribution in [0.25, 0.3) is 0 Å². The number of nitrogens with one attached hydrogen (secondary N) is 1. The first-order valence-corrected chi connectivity index (χ1v) is 9.43. The summed E-state index contributed by atoms with van der Waals surface area (Å²) < 4.78 is 5.10. The van der Waals surface area contributed by atoms with Crippen LogP contribution in [0, 0.1) is 11.3 Å². The fourth-order valence-electron chi connectivity index (χ4n) is 3.14. The van der Waals surface area contributed by atoms with Gasteiger partial charge in [-0.15, -0.1) is 0 Å². The predicted molar refractivity (Wildman–Crippen MR) is 108 cm³/mol. The number of halogens is 1. The molecule has 0 aliphatic carbocycles. The Bertz CT molecular complexity index is 939. The van der Waals surface area contributed by atoms with Crippen molar-refractivity contribution < 1.29 is 19.1 Å². The number of ketones is 1. The maximum Gasteiger partial charge on any atom is 0.347 e. The van der Waals surface area contributed by atoms with Crippen LogP contribution in [-0.2, 0) is 14.3 Å². The van der Waals surface area contributed by atoms with Crippen LogP contribution in [0.2, 0.25) is 5.02 Å². The third-order valence-electron chi connectivity index (χ3n) is 4.44. The number of rotatable bonds is 8. The third kappa shape index (κ3) is 5.01. The van der Waals surface area contributed by atoms with Gasteiger partial charge in [0, 0.05) is 29.8 Å². The van der Waals surface area contributed by atoms with Crippen LogP contribution in [-0.4, -0.2) is 29.8 Å². The van der Waals surface area contributed by atoms with Gasteiger partial charge in [0.05, 0.1) is 6.61 Å². The highest BCUT2D eigenvalue weighted by atomic mass is 35.5. The van der Waals surface area contributed by atoms with Gasteiger partial charge >= 0.3 is 5.97 Å². The van der Waals surface area contributed by atoms with Crippen LogP contribution >= 0.6 is 11.6 Å². The largest absolute Gasteiger partial charge is 0.463 e. The Balaban J connectivity index is 2.63. The Labute approximate surface area is 174 Å². The van der Waals surface area contributed by atoms with E-state index in [1.54, 1.807) is 61.5 Å². The monoisotopic (exact) mass is 412 g/mol. The topological polar surface area (TPSA) is 96.3 Å². The first-order valence-electron chi connectivity index (χ1n) is 9.05. The molecule has 0 aliphatic rings. The molecule has 0 saturated heterocycles. The van der Waals surface area contributed by atoms with Gasteiger partial charge in [0.25, 0.3) is 0 Å². The van der Waals surface area contributed by atoms with E-state index < -0.39 is 23.3 Å². The number of amides is 1. The zero-order valence-corrected chi connectivity index (χ0v) is 16.9. The normalized spacial score (nSPS) is 13.4. The number of hydrogen-bond acceptors (Lipinski definition) is 5. The SMILES string of the molecule is CCOC(=O)C(C#N)(NC(C)=O)C(CC(=O)c1ccccc1)c1ccccc1Cl. The lowest BCUT2D eigenvalue weighted by Gasteiger charge is -2.33. The van der Waals surface area contributed by atoms with Crippen molar-refractivity contribution >= 4 is 29.3 Å². The Morgan fingerprint density at radius 2 is 1.76 bits per heavy atom. The number of Topliss-reactive ketones (excluding diaryl/α,β-unsaturated/α-hetero) is 1. The van der Waals surface area contributed by atoms with E-state index >= 15 is 0 Å². The van der Waals surface area contributed by atoms with E-state index in [9.17, 15) is 19.6 Å². The van der Waals surface area contributed by atoms with Crippen molar-refractivity contribution in [1.82, 2.24) is 5.32 Å². The Hall–Kier alpha value is -3.17. The second-order valence-electron chi connectivity index (χ2n) is 6.39. The zero-order chi connectivity index (χ0) is 21.4. The molecule has 2 aromatic carbocycles. The fraction of sp³-hybridized carbons (Fsp3) is 0.273. The standard InChI is InChI=1S/C22H21ClN2O4/c1-3-29-21(28)22(14-24,25-15(2)26)18(17-11-7-8-12-19(17)23)13-20(27)16-9-5-4-6-10-16/h4-12,18H,3,13H2,1-2H3,(H,25,26). The number of nitrogens with zero attached hydrogens (tertiary/aromatic N) is 1. The molecule has 7 heteroatoms. The van der Waals surface area contributed by atoms with Gasteiger partial charge in [-0.3, -0.25) is 9.59 Å². The molecule has 2 unspecified atom stereocenters. The molecule has 2 aromatic rings. The first-order chi connectivity index (χ1) is 13.9. The zero-order valence-electron chi connectivity index (χ0n) is 16.1. The predicted octanol–water partition coefficient (Wildman–Crippen LogP) is 3.66. The van der Waals surface area contributed by atoms with Crippen molar-refractivity contribution in [3.63, 3.8) is 0 Å². The molecule has 29 heavy (non-hydrogen) atoms. The first kappa shape index (κ1) is 22.1. The summed E-state index contributed by atoms with van der Waals surface area (Å²) in [6, 6.07) is 17.0. The maximum atomic E-state index is 13.0. The lowest BCUT2D eigenvalue weighted by molar-refractivity contribution is -0.151. The number of benzene rings is 2. The molecule has 0 saturated carbocycles. The molecule has 0 radical (unpaired) electrons. The highest BCUT2D eigenvalue weighted by molar-refractivity contribution is 6.31. The molecule has 0 aliphatic heterocycles. The van der Waals surface area contributed by atoms with Gasteiger partial charge < -0.3 is 10.1 Å². The van der Waals surface area contributed by atoms with E-state index in [1.807, 2.05) is 6.07 Å². The molecule has 0 bridgehead atoms. The molecule has 2 rings (SSSR count). The number of ether oxygens (including phenoxy) is 1. The Kier molecular flexibility index (Phi) is 7.52. The van der Waals surface area contributed by atoms with Gasteiger partial charge in [-0.05, 0) is 18.6 Å². The van der Waals surface area contributed by atoms with Gasteiger partial charge in [0.15, 0.2) is 5.78 Å². The summed E-state index contributed by atoms with van der Waals surface area (Å²) in [5.41, 5.74) is -1.30. The number of esters is 1. The van der Waals surface area contributed by atoms with Crippen molar-refractivity contribution in [3.8, 4) is 6.07 Å². The van der Waals surface area contributed by atoms with E-state index in [0.717, 1.165) is 0 Å². The summed E-state index contributed by atoms with van der Waals surface area (Å²) in [6.45, 7) is 2.78. The third-order valence-corrected chi connectivity index (χ3v) is 4.78. The van der Waals surface area contributed by atoms with Crippen molar-refractivity contribution in [2.24, 2.45) is 0 Å². The number of hydrogen-bond donors (Lipinski definition) is 1. The summed E-state index contributed by atoms with van der Waals surface area (Å²) in [5, 5.41) is 12.7. The quantitative estimate of drug-likeness (QED) is 0.527. The summed E-state index contributed by atoms with van der Waals surface area (Å²) in [5.74, 6) is -2.91. The van der Waals surface area contributed by atoms with Gasteiger partial charge in [-0.1, -0.05) is 60.1 Å². The van der Waals surface area contributed by atoms with Crippen molar-refractivity contribution in [2.75, 3.05) is 6.61 Å². The van der Waals surface area contributed by atoms with Gasteiger partial charge in [-0.25, -0.2) is 4.79 Å². The average Bonchev–Trinajstić information content (AvgIpc) is 2.71. The number of nitriles is 1. The van der Waals surface area contributed by atoms with Crippen molar-refractivity contribution in [1.29, 1.82) is 5.26 Å². The number of carbonyl (C=O) groups is 3. The van der Waals surface area contributed by atoms with Crippen LogP contribution < -0.4 is 5.32 Å². The summed E-state index contributed by atoms with van der Waals surface area (Å²) in [4.78, 5) is 37.7. The maximum absolute atomic E-state index is 13.0. The molecule has 6 nitrogen and oxygen atoms in total. The van der Waals surface area contributed by atoms with E-state index in [2.05, 4.69) is 5.32 Å². The lowest BCUT2D eigenvalue weighted by Crippen LogP contribution is -2.58. The van der Waals surface area contributed by atoms with Crippen LogP contribution in [0.4, 0.5) is 0 Å². The molecular weight excluding hydrogens is 392 g/mol. The van der Waals surface area contributed by atoms with Crippen LogP contribution in [0.15, 0.2) is 54.6 Å². The summed E-state index contributed by atoms with van der Waals surface area (Å²) in [6.07, 6.45) is -0.236. The fourth-order valence-corrected chi connectivity index (χ4v) is 3.40. The van der Waals surface area contributed by atoms with E-state index in [4.69, 9.17) is 16.3 Å². The minimum atomic E-state index is -2.11. The van der Waals surface area contributed by atoms with E-state index in [0.29, 0.717) is 11.1 Å². The Morgan fingerprint density at radius 3 is 2.31 bits per heavy atom. The van der Waals surface area contributed by atoms with E-state index in [-0.39, 0.29) is 23.8 Å². The van der Waals surface area contributed by atoms with Gasteiger partial charge in [-0.2, -0.15) is 5.26 Å². The van der Waals surface area contributed by atoms with Crippen molar-refractivity contribution in [2.45, 2.75) is 31.7 Å². The molecule has 0 heterocycles. The summed E-state index contributed by atoms with van der Waals surface area (Å²) in [7, 11) is 0. The molecule has 0 fully saturated rings. The van der Waals surface area contributed by atoms with Crippen LogP contribution in [0.1, 0.15) is 42.1 Å². The molecule has 1 N–H and O–H groups in total. The molecular formula is C22H21ClN2O4. The van der Waals surface area contributed by atoms with Crippen molar-refractivity contribution in [3.05, 3.63) is 70.7 Å².